The van der Waals surface area contributed by atoms with Crippen molar-refractivity contribution in [2.45, 2.75) is 13.0 Å². The molecule has 0 unspecified atom stereocenters. The second-order valence-electron chi connectivity index (χ2n) is 6.97. The molecule has 0 aliphatic rings. The fraction of sp³-hybridized carbons (Fsp3) is 0.304. The number of methoxy groups -OCH3 is 1. The number of anilines is 1. The average molecular weight is 392 g/mol. The molecule has 3 aromatic rings. The average Bonchev–Trinajstić information content (AvgIpc) is 2.75. The molecule has 1 heterocycles. The lowest BCUT2D eigenvalue weighted by molar-refractivity contribution is 0.409. The van der Waals surface area contributed by atoms with E-state index in [-0.39, 0.29) is 0 Å². The van der Waals surface area contributed by atoms with Crippen LogP contribution in [-0.4, -0.2) is 45.7 Å². The summed E-state index contributed by atoms with van der Waals surface area (Å²) < 4.78 is 5.42. The second-order valence-corrected chi connectivity index (χ2v) is 6.97. The molecule has 0 spiro atoms. The van der Waals surface area contributed by atoms with Gasteiger partial charge in [-0.2, -0.15) is 0 Å². The molecule has 1 aromatic heterocycles. The summed E-state index contributed by atoms with van der Waals surface area (Å²) in [6.45, 7) is 1.43. The molecule has 6 heteroatoms. The summed E-state index contributed by atoms with van der Waals surface area (Å²) in [4.78, 5) is 11.1. The standard InChI is InChI=1S/C23H29N5O/c1-24-23(25-14-13-17-9-5-8-12-21(17)29-4)26-16-18-15-22(28(2)3)27-20-11-7-6-10-19(18)20/h5-12,15H,13-14,16H2,1-4H3,(H2,24,25,26). The van der Waals surface area contributed by atoms with Crippen LogP contribution in [0.3, 0.4) is 0 Å². The van der Waals surface area contributed by atoms with Gasteiger partial charge in [-0.25, -0.2) is 4.98 Å². The minimum atomic E-state index is 0.665. The fourth-order valence-corrected chi connectivity index (χ4v) is 3.23. The highest BCUT2D eigenvalue weighted by Gasteiger charge is 2.08. The van der Waals surface area contributed by atoms with Crippen molar-refractivity contribution in [3.05, 3.63) is 65.7 Å². The van der Waals surface area contributed by atoms with Crippen molar-refractivity contribution >= 4 is 22.7 Å². The molecule has 2 aromatic carbocycles. The summed E-state index contributed by atoms with van der Waals surface area (Å²) in [6, 6.07) is 18.4. The van der Waals surface area contributed by atoms with Crippen LogP contribution in [0.25, 0.3) is 10.9 Å². The minimum absolute atomic E-state index is 0.665. The van der Waals surface area contributed by atoms with Crippen LogP contribution in [0, 0.1) is 0 Å². The monoisotopic (exact) mass is 391 g/mol. The van der Waals surface area contributed by atoms with Crippen molar-refractivity contribution in [2.75, 3.05) is 39.7 Å². The van der Waals surface area contributed by atoms with Crippen molar-refractivity contribution in [2.24, 2.45) is 4.99 Å². The summed E-state index contributed by atoms with van der Waals surface area (Å²) in [6.07, 6.45) is 0.855. The van der Waals surface area contributed by atoms with Gasteiger partial charge in [-0.3, -0.25) is 4.99 Å². The van der Waals surface area contributed by atoms with Gasteiger partial charge in [-0.1, -0.05) is 36.4 Å². The normalized spacial score (nSPS) is 11.4. The Morgan fingerprint density at radius 3 is 2.55 bits per heavy atom. The fourth-order valence-electron chi connectivity index (χ4n) is 3.23. The van der Waals surface area contributed by atoms with E-state index in [1.165, 1.54) is 11.1 Å². The Morgan fingerprint density at radius 2 is 1.79 bits per heavy atom. The van der Waals surface area contributed by atoms with Crippen molar-refractivity contribution in [1.82, 2.24) is 15.6 Å². The number of hydrogen-bond donors (Lipinski definition) is 2. The van der Waals surface area contributed by atoms with Gasteiger partial charge < -0.3 is 20.3 Å². The lowest BCUT2D eigenvalue weighted by Crippen LogP contribution is -2.38. The number of ether oxygens (including phenoxy) is 1. The SMILES string of the molecule is CN=C(NCCc1ccccc1OC)NCc1cc(N(C)C)nc2ccccc12. The Hall–Kier alpha value is -3.28. The maximum atomic E-state index is 5.42. The van der Waals surface area contributed by atoms with Gasteiger partial charge in [0.2, 0.25) is 0 Å². The summed E-state index contributed by atoms with van der Waals surface area (Å²) in [5, 5.41) is 7.95. The van der Waals surface area contributed by atoms with Gasteiger partial charge in [0.25, 0.3) is 0 Å². The van der Waals surface area contributed by atoms with Crippen molar-refractivity contribution < 1.29 is 4.74 Å². The first-order valence-corrected chi connectivity index (χ1v) is 9.74. The molecule has 0 saturated heterocycles. The van der Waals surface area contributed by atoms with E-state index in [1.54, 1.807) is 14.2 Å². The maximum Gasteiger partial charge on any atom is 0.191 e. The van der Waals surface area contributed by atoms with E-state index < -0.39 is 0 Å². The predicted octanol–water partition coefficient (Wildman–Crippen LogP) is 3.22. The number of hydrogen-bond acceptors (Lipinski definition) is 4. The number of aliphatic imine (C=N–C) groups is 1. The van der Waals surface area contributed by atoms with Gasteiger partial charge in [0.05, 0.1) is 12.6 Å². The molecule has 0 fully saturated rings. The van der Waals surface area contributed by atoms with Crippen molar-refractivity contribution in [3.8, 4) is 5.75 Å². The first kappa shape index (κ1) is 20.5. The molecule has 0 bridgehead atoms. The number of rotatable bonds is 7. The topological polar surface area (TPSA) is 61.8 Å². The molecular formula is C23H29N5O. The highest BCUT2D eigenvalue weighted by Crippen LogP contribution is 2.22. The lowest BCUT2D eigenvalue weighted by Gasteiger charge is -2.17. The molecule has 6 nitrogen and oxygen atoms in total. The number of pyridine rings is 1. The smallest absolute Gasteiger partial charge is 0.191 e. The first-order chi connectivity index (χ1) is 14.1. The van der Waals surface area contributed by atoms with Gasteiger partial charge in [0.1, 0.15) is 11.6 Å². The van der Waals surface area contributed by atoms with Crippen LogP contribution in [-0.2, 0) is 13.0 Å². The first-order valence-electron chi connectivity index (χ1n) is 9.74. The highest BCUT2D eigenvalue weighted by atomic mass is 16.5. The van der Waals surface area contributed by atoms with E-state index in [4.69, 9.17) is 9.72 Å². The summed E-state index contributed by atoms with van der Waals surface area (Å²) in [5.74, 6) is 2.63. The van der Waals surface area contributed by atoms with Crippen LogP contribution in [0.15, 0.2) is 59.6 Å². The predicted molar refractivity (Wildman–Crippen MR) is 121 cm³/mol. The molecular weight excluding hydrogens is 362 g/mol. The van der Waals surface area contributed by atoms with Crippen LogP contribution >= 0.6 is 0 Å². The van der Waals surface area contributed by atoms with Crippen molar-refractivity contribution in [1.29, 1.82) is 0 Å². The molecule has 0 saturated carbocycles. The van der Waals surface area contributed by atoms with Gasteiger partial charge >= 0.3 is 0 Å². The molecule has 3 rings (SSSR count). The third-order valence-corrected chi connectivity index (χ3v) is 4.80. The zero-order valence-corrected chi connectivity index (χ0v) is 17.6. The van der Waals surface area contributed by atoms with Crippen LogP contribution in [0.4, 0.5) is 5.82 Å². The number of guanidine groups is 1. The Morgan fingerprint density at radius 1 is 1.03 bits per heavy atom. The Bertz CT molecular complexity index is 984. The number of aromatic nitrogens is 1. The largest absolute Gasteiger partial charge is 0.496 e. The lowest BCUT2D eigenvalue weighted by atomic mass is 10.1. The van der Waals surface area contributed by atoms with Crippen LogP contribution < -0.4 is 20.3 Å². The molecule has 152 valence electrons. The van der Waals surface area contributed by atoms with E-state index in [0.717, 1.165) is 41.4 Å². The molecule has 0 radical (unpaired) electrons. The number of nitrogens with one attached hydrogen (secondary N) is 2. The van der Waals surface area contributed by atoms with E-state index in [0.29, 0.717) is 6.54 Å². The van der Waals surface area contributed by atoms with Gasteiger partial charge in [0, 0.05) is 39.6 Å². The molecule has 0 atom stereocenters. The Labute approximate surface area is 172 Å². The quantitative estimate of drug-likeness (QED) is 0.478. The van der Waals surface area contributed by atoms with Crippen LogP contribution in [0.5, 0.6) is 5.75 Å². The third kappa shape index (κ3) is 5.16. The molecule has 0 aliphatic carbocycles. The van der Waals surface area contributed by atoms with E-state index in [2.05, 4.69) is 33.8 Å². The van der Waals surface area contributed by atoms with E-state index >= 15 is 0 Å². The van der Waals surface area contributed by atoms with E-state index in [9.17, 15) is 0 Å². The van der Waals surface area contributed by atoms with Crippen LogP contribution in [0.2, 0.25) is 0 Å². The van der Waals surface area contributed by atoms with Gasteiger partial charge in [-0.05, 0) is 35.7 Å². The van der Waals surface area contributed by atoms with Crippen LogP contribution in [0.1, 0.15) is 11.1 Å². The maximum absolute atomic E-state index is 5.42. The number of nitrogens with zero attached hydrogens (tertiary/aromatic N) is 3. The molecule has 0 amide bonds. The summed E-state index contributed by atoms with van der Waals surface area (Å²) in [7, 11) is 7.50. The zero-order valence-electron chi connectivity index (χ0n) is 17.6. The summed E-state index contributed by atoms with van der Waals surface area (Å²) >= 11 is 0. The molecule has 29 heavy (non-hydrogen) atoms. The number of fused-ring (bicyclic) bond motifs is 1. The third-order valence-electron chi connectivity index (χ3n) is 4.80. The van der Waals surface area contributed by atoms with E-state index in [1.807, 2.05) is 55.4 Å². The Balaban J connectivity index is 1.65. The van der Waals surface area contributed by atoms with Gasteiger partial charge in [-0.15, -0.1) is 0 Å². The Kier molecular flexibility index (Phi) is 6.89. The second kappa shape index (κ2) is 9.78. The number of benzene rings is 2. The summed E-state index contributed by atoms with van der Waals surface area (Å²) in [5.41, 5.74) is 3.36. The zero-order chi connectivity index (χ0) is 20.6. The molecule has 2 N–H and O–H groups in total. The molecule has 0 aliphatic heterocycles. The number of para-hydroxylation sites is 2. The van der Waals surface area contributed by atoms with Gasteiger partial charge in [0.15, 0.2) is 5.96 Å². The highest BCUT2D eigenvalue weighted by molar-refractivity contribution is 5.85. The minimum Gasteiger partial charge on any atom is -0.496 e. The van der Waals surface area contributed by atoms with Crippen molar-refractivity contribution in [3.63, 3.8) is 0 Å².